The number of hydrogen-bond acceptors (Lipinski definition) is 4. The van der Waals surface area contributed by atoms with Crippen LogP contribution < -0.4 is 5.32 Å². The van der Waals surface area contributed by atoms with E-state index in [2.05, 4.69) is 15.3 Å². The summed E-state index contributed by atoms with van der Waals surface area (Å²) in [6, 6.07) is 24.1. The molecular weight excluding hydrogens is 514 g/mol. The van der Waals surface area contributed by atoms with Crippen LogP contribution in [-0.4, -0.2) is 32.1 Å². The molecular formula is C31H26ClN3O4. The van der Waals surface area contributed by atoms with E-state index in [0.717, 1.165) is 18.4 Å². The number of nitrogens with one attached hydrogen (secondary N) is 2. The third-order valence-electron chi connectivity index (χ3n) is 6.59. The highest BCUT2D eigenvalue weighted by atomic mass is 35.5. The summed E-state index contributed by atoms with van der Waals surface area (Å²) in [5.41, 5.74) is 4.05. The first-order chi connectivity index (χ1) is 18.8. The molecule has 8 heteroatoms. The quantitative estimate of drug-likeness (QED) is 0.166. The highest BCUT2D eigenvalue weighted by Gasteiger charge is 2.21. The summed E-state index contributed by atoms with van der Waals surface area (Å²) in [7, 11) is 0. The summed E-state index contributed by atoms with van der Waals surface area (Å²) in [6.07, 6.45) is 1.62. The summed E-state index contributed by atoms with van der Waals surface area (Å²) < 4.78 is 0. The van der Waals surface area contributed by atoms with Gasteiger partial charge < -0.3 is 20.5 Å². The van der Waals surface area contributed by atoms with Crippen molar-refractivity contribution in [1.82, 2.24) is 15.3 Å². The lowest BCUT2D eigenvalue weighted by Gasteiger charge is -2.19. The predicted octanol–water partition coefficient (Wildman–Crippen LogP) is 7.23. The van der Waals surface area contributed by atoms with E-state index in [1.807, 2.05) is 37.3 Å². The maximum Gasteiger partial charge on any atom is 0.336 e. The number of carboxylic acid groups (broad SMARTS) is 1. The Labute approximate surface area is 230 Å². The van der Waals surface area contributed by atoms with Crippen LogP contribution in [0.1, 0.15) is 52.1 Å². The van der Waals surface area contributed by atoms with Gasteiger partial charge in [0.1, 0.15) is 11.6 Å². The van der Waals surface area contributed by atoms with Gasteiger partial charge >= 0.3 is 5.97 Å². The van der Waals surface area contributed by atoms with E-state index in [0.29, 0.717) is 38.6 Å². The molecule has 7 nitrogen and oxygen atoms in total. The van der Waals surface area contributed by atoms with Gasteiger partial charge in [-0.05, 0) is 65.6 Å². The lowest BCUT2D eigenvalue weighted by atomic mass is 9.93. The summed E-state index contributed by atoms with van der Waals surface area (Å²) >= 11 is 6.34. The number of rotatable bonds is 8. The Hall–Kier alpha value is -4.62. The van der Waals surface area contributed by atoms with Crippen molar-refractivity contribution in [1.29, 1.82) is 0 Å². The number of benzene rings is 4. The number of carbonyl (C=O) groups excluding carboxylic acids is 1. The molecule has 0 aliphatic heterocycles. The van der Waals surface area contributed by atoms with Crippen LogP contribution in [0.3, 0.4) is 0 Å². The number of aromatic amines is 1. The Balaban J connectivity index is 1.54. The number of aromatic nitrogens is 2. The number of halogens is 1. The highest BCUT2D eigenvalue weighted by molar-refractivity contribution is 6.31. The number of aromatic hydroxyl groups is 1. The van der Waals surface area contributed by atoms with Crippen LogP contribution in [0.4, 0.5) is 0 Å². The molecule has 0 saturated heterocycles. The molecule has 1 atom stereocenters. The maximum absolute atomic E-state index is 13.2. The number of carboxylic acids is 1. The number of phenolic OH excluding ortho intramolecular Hbond substituents is 1. The molecule has 0 radical (unpaired) electrons. The topological polar surface area (TPSA) is 115 Å². The van der Waals surface area contributed by atoms with Gasteiger partial charge in [0.25, 0.3) is 5.91 Å². The summed E-state index contributed by atoms with van der Waals surface area (Å²) in [5.74, 6) is -0.932. The number of H-pyrrole nitrogens is 1. The molecule has 0 fully saturated rings. The number of amides is 1. The first-order valence-electron chi connectivity index (χ1n) is 12.6. The van der Waals surface area contributed by atoms with Crippen molar-refractivity contribution in [3.05, 3.63) is 107 Å². The highest BCUT2D eigenvalue weighted by Crippen LogP contribution is 2.36. The Bertz CT molecular complexity index is 1680. The SMILES string of the molecule is CCC[C@@H](NC(=O)c1ccc(-c2cc(Cl)ccc2-c2nc3ccc(O)cc3[nH]2)c(C(=O)O)c1)c1ccccc1. The van der Waals surface area contributed by atoms with Crippen LogP contribution in [-0.2, 0) is 0 Å². The second kappa shape index (κ2) is 11.0. The van der Waals surface area contributed by atoms with E-state index in [1.54, 1.807) is 48.5 Å². The zero-order valence-electron chi connectivity index (χ0n) is 21.1. The fourth-order valence-corrected chi connectivity index (χ4v) is 4.88. The number of phenols is 1. The zero-order chi connectivity index (χ0) is 27.5. The van der Waals surface area contributed by atoms with Crippen molar-refractivity contribution < 1.29 is 19.8 Å². The van der Waals surface area contributed by atoms with E-state index < -0.39 is 5.97 Å². The molecule has 0 saturated carbocycles. The van der Waals surface area contributed by atoms with Crippen molar-refractivity contribution in [2.45, 2.75) is 25.8 Å². The zero-order valence-corrected chi connectivity index (χ0v) is 21.9. The molecule has 0 bridgehead atoms. The van der Waals surface area contributed by atoms with Gasteiger partial charge in [-0.2, -0.15) is 0 Å². The molecule has 5 aromatic rings. The third kappa shape index (κ3) is 5.49. The van der Waals surface area contributed by atoms with Gasteiger partial charge in [0, 0.05) is 22.2 Å². The van der Waals surface area contributed by atoms with E-state index in [9.17, 15) is 19.8 Å². The third-order valence-corrected chi connectivity index (χ3v) is 6.82. The van der Waals surface area contributed by atoms with Gasteiger partial charge in [0.2, 0.25) is 0 Å². The molecule has 1 aromatic heterocycles. The number of hydrogen-bond donors (Lipinski definition) is 4. The normalized spacial score (nSPS) is 11.8. The molecule has 5 rings (SSSR count). The van der Waals surface area contributed by atoms with Gasteiger partial charge in [-0.15, -0.1) is 0 Å². The maximum atomic E-state index is 13.2. The smallest absolute Gasteiger partial charge is 0.336 e. The standard InChI is InChI=1S/C31H26ClN3O4/c1-2-6-26(18-7-4-3-5-8-18)35-30(37)19-9-12-22(25(15-19)31(38)39)24-16-20(32)10-13-23(24)29-33-27-14-11-21(36)17-28(27)34-29/h3-5,7-17,26,36H,2,6H2,1H3,(H,33,34)(H,35,37)(H,38,39)/t26-/m1/s1. The number of carbonyl (C=O) groups is 2. The first-order valence-corrected chi connectivity index (χ1v) is 12.9. The lowest BCUT2D eigenvalue weighted by molar-refractivity contribution is 0.0697. The minimum Gasteiger partial charge on any atom is -0.508 e. The fraction of sp³-hybridized carbons (Fsp3) is 0.129. The molecule has 0 unspecified atom stereocenters. The largest absolute Gasteiger partial charge is 0.508 e. The number of fused-ring (bicyclic) bond motifs is 1. The molecule has 1 heterocycles. The van der Waals surface area contributed by atoms with Gasteiger partial charge in [-0.3, -0.25) is 4.79 Å². The van der Waals surface area contributed by atoms with E-state index >= 15 is 0 Å². The minimum atomic E-state index is -1.17. The number of imidazole rings is 1. The van der Waals surface area contributed by atoms with Crippen molar-refractivity contribution in [3.8, 4) is 28.3 Å². The second-order valence-electron chi connectivity index (χ2n) is 9.27. The van der Waals surface area contributed by atoms with Gasteiger partial charge in [0.15, 0.2) is 0 Å². The van der Waals surface area contributed by atoms with Gasteiger partial charge in [-0.25, -0.2) is 9.78 Å². The minimum absolute atomic E-state index is 0.0355. The van der Waals surface area contributed by atoms with Crippen LogP contribution in [0.15, 0.2) is 84.9 Å². The molecule has 4 N–H and O–H groups in total. The van der Waals surface area contributed by atoms with E-state index in [-0.39, 0.29) is 28.8 Å². The second-order valence-corrected chi connectivity index (χ2v) is 9.70. The van der Waals surface area contributed by atoms with E-state index in [4.69, 9.17) is 11.6 Å². The Kier molecular flexibility index (Phi) is 7.34. The fourth-order valence-electron chi connectivity index (χ4n) is 4.71. The summed E-state index contributed by atoms with van der Waals surface area (Å²) in [4.78, 5) is 33.4. The molecule has 0 aliphatic rings. The van der Waals surface area contributed by atoms with Crippen molar-refractivity contribution in [3.63, 3.8) is 0 Å². The van der Waals surface area contributed by atoms with Crippen LogP contribution in [0.2, 0.25) is 5.02 Å². The van der Waals surface area contributed by atoms with Crippen LogP contribution in [0.25, 0.3) is 33.5 Å². The van der Waals surface area contributed by atoms with Crippen molar-refractivity contribution in [2.24, 2.45) is 0 Å². The monoisotopic (exact) mass is 539 g/mol. The van der Waals surface area contributed by atoms with Crippen LogP contribution >= 0.6 is 11.6 Å². The molecule has 39 heavy (non-hydrogen) atoms. The Morgan fingerprint density at radius 3 is 2.46 bits per heavy atom. The predicted molar refractivity (Wildman–Crippen MR) is 152 cm³/mol. The van der Waals surface area contributed by atoms with E-state index in [1.165, 1.54) is 6.07 Å². The summed E-state index contributed by atoms with van der Waals surface area (Å²) in [5, 5.41) is 23.4. The molecule has 1 amide bonds. The molecule has 0 aliphatic carbocycles. The van der Waals surface area contributed by atoms with Crippen molar-refractivity contribution in [2.75, 3.05) is 0 Å². The average Bonchev–Trinajstić information content (AvgIpc) is 3.35. The van der Waals surface area contributed by atoms with Gasteiger partial charge in [-0.1, -0.05) is 61.3 Å². The van der Waals surface area contributed by atoms with Crippen molar-refractivity contribution >= 4 is 34.5 Å². The Morgan fingerprint density at radius 2 is 1.72 bits per heavy atom. The average molecular weight is 540 g/mol. The number of aromatic carboxylic acids is 1. The molecule has 0 spiro atoms. The lowest BCUT2D eigenvalue weighted by Crippen LogP contribution is -2.28. The van der Waals surface area contributed by atoms with Gasteiger partial charge in [0.05, 0.1) is 22.6 Å². The molecule has 196 valence electrons. The van der Waals surface area contributed by atoms with Crippen LogP contribution in [0.5, 0.6) is 5.75 Å². The first kappa shape index (κ1) is 26.0. The van der Waals surface area contributed by atoms with Crippen LogP contribution in [0, 0.1) is 0 Å². The molecule has 4 aromatic carbocycles. The summed E-state index contributed by atoms with van der Waals surface area (Å²) in [6.45, 7) is 2.05. The number of nitrogens with zero attached hydrogens (tertiary/aromatic N) is 1. The Morgan fingerprint density at radius 1 is 0.949 bits per heavy atom.